The highest BCUT2D eigenvalue weighted by atomic mass is 79.9. The van der Waals surface area contributed by atoms with Gasteiger partial charge in [-0.05, 0) is 58.7 Å². The molecule has 1 nitrogen and oxygen atoms in total. The zero-order chi connectivity index (χ0) is 14.2. The van der Waals surface area contributed by atoms with E-state index in [2.05, 4.69) is 15.9 Å². The van der Waals surface area contributed by atoms with Crippen molar-refractivity contribution in [1.82, 2.24) is 0 Å². The van der Waals surface area contributed by atoms with Crippen LogP contribution in [0, 0.1) is 24.4 Å². The van der Waals surface area contributed by atoms with E-state index in [1.165, 1.54) is 25.1 Å². The summed E-state index contributed by atoms with van der Waals surface area (Å²) < 4.78 is 39.2. The van der Waals surface area contributed by atoms with E-state index in [4.69, 9.17) is 0 Å². The van der Waals surface area contributed by atoms with Crippen LogP contribution < -0.4 is 0 Å². The van der Waals surface area contributed by atoms with Gasteiger partial charge in [0.1, 0.15) is 5.82 Å². The summed E-state index contributed by atoms with van der Waals surface area (Å²) in [6, 6.07) is 5.90. The molecule has 0 radical (unpaired) electrons. The highest BCUT2D eigenvalue weighted by Gasteiger charge is 2.18. The summed E-state index contributed by atoms with van der Waals surface area (Å²) in [7, 11) is 0. The van der Waals surface area contributed by atoms with Crippen molar-refractivity contribution in [2.24, 2.45) is 0 Å². The number of benzene rings is 2. The Balaban J connectivity index is 2.50. The smallest absolute Gasteiger partial charge is 0.194 e. The van der Waals surface area contributed by atoms with E-state index < -0.39 is 23.2 Å². The van der Waals surface area contributed by atoms with E-state index >= 15 is 0 Å². The van der Waals surface area contributed by atoms with Gasteiger partial charge in [-0.15, -0.1) is 0 Å². The van der Waals surface area contributed by atoms with Gasteiger partial charge in [-0.2, -0.15) is 0 Å². The number of halogens is 4. The van der Waals surface area contributed by atoms with E-state index in [9.17, 15) is 18.0 Å². The molecule has 0 aromatic heterocycles. The normalized spacial score (nSPS) is 10.6. The van der Waals surface area contributed by atoms with Crippen molar-refractivity contribution >= 4 is 21.7 Å². The topological polar surface area (TPSA) is 17.1 Å². The number of carbonyl (C=O) groups excluding carboxylic acids is 1. The SMILES string of the molecule is Cc1cc(C(=O)c2ccc(F)c(F)c2Br)ccc1F. The van der Waals surface area contributed by atoms with Gasteiger partial charge in [0.2, 0.25) is 0 Å². The number of ketones is 1. The largest absolute Gasteiger partial charge is 0.289 e. The molecular weight excluding hydrogens is 321 g/mol. The molecule has 0 heterocycles. The Labute approximate surface area is 116 Å². The molecular formula is C14H8BrF3O. The molecule has 0 bridgehead atoms. The lowest BCUT2D eigenvalue weighted by Crippen LogP contribution is -2.05. The molecule has 0 aliphatic heterocycles. The fraction of sp³-hybridized carbons (Fsp3) is 0.0714. The van der Waals surface area contributed by atoms with Crippen molar-refractivity contribution < 1.29 is 18.0 Å². The third kappa shape index (κ3) is 2.56. The first kappa shape index (κ1) is 13.8. The van der Waals surface area contributed by atoms with Crippen molar-refractivity contribution in [2.75, 3.05) is 0 Å². The molecule has 0 N–H and O–H groups in total. The molecule has 0 unspecified atom stereocenters. The van der Waals surface area contributed by atoms with Gasteiger partial charge >= 0.3 is 0 Å². The summed E-state index contributed by atoms with van der Waals surface area (Å²) in [6.07, 6.45) is 0. The first-order valence-corrected chi connectivity index (χ1v) is 6.15. The van der Waals surface area contributed by atoms with Gasteiger partial charge in [0, 0.05) is 11.1 Å². The fourth-order valence-electron chi connectivity index (χ4n) is 1.64. The maximum absolute atomic E-state index is 13.4. The van der Waals surface area contributed by atoms with Crippen molar-refractivity contribution in [1.29, 1.82) is 0 Å². The quantitative estimate of drug-likeness (QED) is 0.589. The molecule has 0 spiro atoms. The van der Waals surface area contributed by atoms with Crippen molar-refractivity contribution in [3.05, 3.63) is 68.9 Å². The van der Waals surface area contributed by atoms with Crippen LogP contribution in [0.2, 0.25) is 0 Å². The highest BCUT2D eigenvalue weighted by molar-refractivity contribution is 9.10. The molecule has 19 heavy (non-hydrogen) atoms. The summed E-state index contributed by atoms with van der Waals surface area (Å²) in [5.74, 6) is -3.10. The Kier molecular flexibility index (Phi) is 3.75. The lowest BCUT2D eigenvalue weighted by molar-refractivity contribution is 0.103. The van der Waals surface area contributed by atoms with Crippen LogP contribution in [0.3, 0.4) is 0 Å². The number of rotatable bonds is 2. The minimum absolute atomic E-state index is 0.00934. The van der Waals surface area contributed by atoms with Crippen LogP contribution in [-0.2, 0) is 0 Å². The van der Waals surface area contributed by atoms with E-state index in [1.54, 1.807) is 0 Å². The average molecular weight is 329 g/mol. The fourth-order valence-corrected chi connectivity index (χ4v) is 2.14. The van der Waals surface area contributed by atoms with Gasteiger partial charge in [0.25, 0.3) is 0 Å². The molecule has 0 saturated carbocycles. The molecule has 5 heteroatoms. The standard InChI is InChI=1S/C14H8BrF3O/c1-7-6-8(2-4-10(7)16)14(19)9-3-5-11(17)13(18)12(9)15/h2-6H,1H3. The van der Waals surface area contributed by atoms with Crippen LogP contribution in [0.1, 0.15) is 21.5 Å². The molecule has 0 amide bonds. The lowest BCUT2D eigenvalue weighted by atomic mass is 10.0. The molecule has 98 valence electrons. The first-order valence-electron chi connectivity index (χ1n) is 5.36. The molecule has 0 saturated heterocycles. The predicted octanol–water partition coefficient (Wildman–Crippen LogP) is 4.41. The van der Waals surface area contributed by atoms with Gasteiger partial charge < -0.3 is 0 Å². The Morgan fingerprint density at radius 2 is 1.68 bits per heavy atom. The van der Waals surface area contributed by atoms with Crippen LogP contribution in [0.4, 0.5) is 13.2 Å². The average Bonchev–Trinajstić information content (AvgIpc) is 2.39. The van der Waals surface area contributed by atoms with E-state index in [0.29, 0.717) is 5.56 Å². The van der Waals surface area contributed by atoms with E-state index in [0.717, 1.165) is 12.1 Å². The van der Waals surface area contributed by atoms with Crippen molar-refractivity contribution in [2.45, 2.75) is 6.92 Å². The maximum atomic E-state index is 13.4. The summed E-state index contributed by atoms with van der Waals surface area (Å²) in [5, 5.41) is 0. The second-order valence-electron chi connectivity index (χ2n) is 4.02. The Hall–Kier alpha value is -1.62. The molecule has 0 fully saturated rings. The number of hydrogen-bond acceptors (Lipinski definition) is 1. The molecule has 0 aliphatic rings. The summed E-state index contributed by atoms with van der Waals surface area (Å²) in [4.78, 5) is 12.2. The van der Waals surface area contributed by atoms with E-state index in [1.807, 2.05) is 0 Å². The number of aryl methyl sites for hydroxylation is 1. The van der Waals surface area contributed by atoms with Gasteiger partial charge in [-0.3, -0.25) is 4.79 Å². The second kappa shape index (κ2) is 5.17. The van der Waals surface area contributed by atoms with Crippen LogP contribution in [0.15, 0.2) is 34.8 Å². The van der Waals surface area contributed by atoms with Crippen LogP contribution >= 0.6 is 15.9 Å². The van der Waals surface area contributed by atoms with Gasteiger partial charge in [0.15, 0.2) is 17.4 Å². The van der Waals surface area contributed by atoms with Crippen molar-refractivity contribution in [3.8, 4) is 0 Å². The Bertz CT molecular complexity index is 668. The third-order valence-electron chi connectivity index (χ3n) is 2.70. The minimum Gasteiger partial charge on any atom is -0.289 e. The maximum Gasteiger partial charge on any atom is 0.194 e. The molecule has 0 atom stereocenters. The molecule has 2 aromatic carbocycles. The Morgan fingerprint density at radius 1 is 1.05 bits per heavy atom. The van der Waals surface area contributed by atoms with E-state index in [-0.39, 0.29) is 15.6 Å². The highest BCUT2D eigenvalue weighted by Crippen LogP contribution is 2.25. The van der Waals surface area contributed by atoms with Crippen LogP contribution in [-0.4, -0.2) is 5.78 Å². The van der Waals surface area contributed by atoms with Gasteiger partial charge in [-0.25, -0.2) is 13.2 Å². The first-order chi connectivity index (χ1) is 8.91. The molecule has 2 aromatic rings. The lowest BCUT2D eigenvalue weighted by Gasteiger charge is -2.06. The summed E-state index contributed by atoms with van der Waals surface area (Å²) in [5.41, 5.74) is 0.514. The summed E-state index contributed by atoms with van der Waals surface area (Å²) in [6.45, 7) is 1.52. The van der Waals surface area contributed by atoms with Gasteiger partial charge in [-0.1, -0.05) is 0 Å². The second-order valence-corrected chi connectivity index (χ2v) is 4.81. The zero-order valence-corrected chi connectivity index (χ0v) is 11.4. The molecule has 2 rings (SSSR count). The Morgan fingerprint density at radius 3 is 2.32 bits per heavy atom. The molecule has 0 aliphatic carbocycles. The van der Waals surface area contributed by atoms with Crippen LogP contribution in [0.5, 0.6) is 0 Å². The zero-order valence-electron chi connectivity index (χ0n) is 9.81. The van der Waals surface area contributed by atoms with Crippen LogP contribution in [0.25, 0.3) is 0 Å². The van der Waals surface area contributed by atoms with Crippen molar-refractivity contribution in [3.63, 3.8) is 0 Å². The monoisotopic (exact) mass is 328 g/mol. The third-order valence-corrected chi connectivity index (χ3v) is 3.48. The number of carbonyl (C=O) groups is 1. The van der Waals surface area contributed by atoms with Gasteiger partial charge in [0.05, 0.1) is 4.47 Å². The predicted molar refractivity (Wildman–Crippen MR) is 68.6 cm³/mol. The minimum atomic E-state index is -1.12. The number of hydrogen-bond donors (Lipinski definition) is 0. The summed E-state index contributed by atoms with van der Waals surface area (Å²) >= 11 is 2.85.